The number of hydrogen-bond acceptors (Lipinski definition) is 3. The molecule has 0 radical (unpaired) electrons. The molecule has 104 valence electrons. The molecule has 1 rings (SSSR count). The maximum Gasteiger partial charge on any atom is 0.244 e. The molecular formula is C14H21N3O2. The number of likely N-dealkylation sites (N-methyl/N-ethyl adjacent to an activating group) is 1. The minimum Gasteiger partial charge on any atom is -0.399 e. The van der Waals surface area contributed by atoms with E-state index in [4.69, 9.17) is 5.73 Å². The SMILES string of the molecule is CC(NC(=O)CCc1cccc(N)c1)C(=O)N(C)C. The highest BCUT2D eigenvalue weighted by molar-refractivity contribution is 5.87. The molecule has 0 heterocycles. The van der Waals surface area contributed by atoms with Crippen LogP contribution in [0.4, 0.5) is 5.69 Å². The van der Waals surface area contributed by atoms with Crippen LogP contribution in [0.15, 0.2) is 24.3 Å². The van der Waals surface area contributed by atoms with E-state index in [1.54, 1.807) is 27.1 Å². The Balaban J connectivity index is 2.42. The van der Waals surface area contributed by atoms with Crippen LogP contribution < -0.4 is 11.1 Å². The van der Waals surface area contributed by atoms with Crippen LogP contribution >= 0.6 is 0 Å². The largest absolute Gasteiger partial charge is 0.399 e. The first-order valence-corrected chi connectivity index (χ1v) is 6.25. The number of nitrogens with two attached hydrogens (primary N) is 1. The quantitative estimate of drug-likeness (QED) is 0.771. The number of anilines is 1. The average Bonchev–Trinajstić information content (AvgIpc) is 2.35. The third kappa shape index (κ3) is 4.99. The Morgan fingerprint density at radius 3 is 2.63 bits per heavy atom. The van der Waals surface area contributed by atoms with Crippen molar-refractivity contribution in [2.75, 3.05) is 19.8 Å². The van der Waals surface area contributed by atoms with Crippen LogP contribution in [-0.2, 0) is 16.0 Å². The van der Waals surface area contributed by atoms with Crippen LogP contribution in [0.1, 0.15) is 18.9 Å². The van der Waals surface area contributed by atoms with Gasteiger partial charge in [0.25, 0.3) is 0 Å². The molecule has 1 atom stereocenters. The first-order valence-electron chi connectivity index (χ1n) is 6.25. The van der Waals surface area contributed by atoms with Gasteiger partial charge >= 0.3 is 0 Å². The summed E-state index contributed by atoms with van der Waals surface area (Å²) in [7, 11) is 3.33. The van der Waals surface area contributed by atoms with Gasteiger partial charge in [-0.05, 0) is 31.0 Å². The lowest BCUT2D eigenvalue weighted by Crippen LogP contribution is -2.44. The number of hydrogen-bond donors (Lipinski definition) is 2. The van der Waals surface area contributed by atoms with Crippen LogP contribution in [0.5, 0.6) is 0 Å². The number of nitrogen functional groups attached to an aromatic ring is 1. The minimum atomic E-state index is -0.497. The monoisotopic (exact) mass is 263 g/mol. The predicted octanol–water partition coefficient (Wildman–Crippen LogP) is 0.794. The Kier molecular flexibility index (Phi) is 5.36. The fourth-order valence-electron chi connectivity index (χ4n) is 1.77. The van der Waals surface area contributed by atoms with Crippen LogP contribution in [0.25, 0.3) is 0 Å². The van der Waals surface area contributed by atoms with E-state index in [9.17, 15) is 9.59 Å². The maximum absolute atomic E-state index is 11.7. The van der Waals surface area contributed by atoms with Gasteiger partial charge in [0, 0.05) is 26.2 Å². The van der Waals surface area contributed by atoms with Crippen molar-refractivity contribution in [2.45, 2.75) is 25.8 Å². The molecule has 2 amide bonds. The standard InChI is InChI=1S/C14H21N3O2/c1-10(14(19)17(2)3)16-13(18)8-7-11-5-4-6-12(15)9-11/h4-6,9-10H,7-8,15H2,1-3H3,(H,16,18). The van der Waals surface area contributed by atoms with E-state index < -0.39 is 6.04 Å². The lowest BCUT2D eigenvalue weighted by molar-refractivity contribution is -0.133. The van der Waals surface area contributed by atoms with Crippen molar-refractivity contribution < 1.29 is 9.59 Å². The smallest absolute Gasteiger partial charge is 0.244 e. The van der Waals surface area contributed by atoms with Crippen molar-refractivity contribution in [2.24, 2.45) is 0 Å². The molecular weight excluding hydrogens is 242 g/mol. The van der Waals surface area contributed by atoms with Crippen molar-refractivity contribution in [3.63, 3.8) is 0 Å². The Morgan fingerprint density at radius 1 is 1.37 bits per heavy atom. The molecule has 0 aromatic heterocycles. The van der Waals surface area contributed by atoms with Gasteiger partial charge in [0.1, 0.15) is 6.04 Å². The Bertz CT molecular complexity index is 458. The van der Waals surface area contributed by atoms with Crippen molar-refractivity contribution in [1.29, 1.82) is 0 Å². The molecule has 0 saturated carbocycles. The molecule has 0 aliphatic carbocycles. The zero-order chi connectivity index (χ0) is 14.4. The molecule has 5 heteroatoms. The fraction of sp³-hybridized carbons (Fsp3) is 0.429. The van der Waals surface area contributed by atoms with Gasteiger partial charge in [-0.15, -0.1) is 0 Å². The zero-order valence-electron chi connectivity index (χ0n) is 11.6. The van der Waals surface area contributed by atoms with Gasteiger partial charge in [-0.1, -0.05) is 12.1 Å². The fourth-order valence-corrected chi connectivity index (χ4v) is 1.77. The maximum atomic E-state index is 11.7. The summed E-state index contributed by atoms with van der Waals surface area (Å²) in [5, 5.41) is 2.68. The minimum absolute atomic E-state index is 0.114. The summed E-state index contributed by atoms with van der Waals surface area (Å²) in [5.41, 5.74) is 7.37. The van der Waals surface area contributed by atoms with Gasteiger partial charge in [0.2, 0.25) is 11.8 Å². The second-order valence-corrected chi connectivity index (χ2v) is 4.77. The molecule has 5 nitrogen and oxygen atoms in total. The average molecular weight is 263 g/mol. The molecule has 1 aromatic rings. The number of aryl methyl sites for hydroxylation is 1. The third-order valence-electron chi connectivity index (χ3n) is 2.78. The number of carbonyl (C=O) groups excluding carboxylic acids is 2. The summed E-state index contributed by atoms with van der Waals surface area (Å²) in [4.78, 5) is 24.8. The highest BCUT2D eigenvalue weighted by atomic mass is 16.2. The van der Waals surface area contributed by atoms with E-state index >= 15 is 0 Å². The van der Waals surface area contributed by atoms with E-state index in [1.807, 2.05) is 18.2 Å². The number of carbonyl (C=O) groups is 2. The summed E-state index contributed by atoms with van der Waals surface area (Å²) < 4.78 is 0. The molecule has 19 heavy (non-hydrogen) atoms. The lowest BCUT2D eigenvalue weighted by atomic mass is 10.1. The summed E-state index contributed by atoms with van der Waals surface area (Å²) in [5.74, 6) is -0.248. The van der Waals surface area contributed by atoms with Crippen molar-refractivity contribution in [3.8, 4) is 0 Å². The van der Waals surface area contributed by atoms with E-state index in [-0.39, 0.29) is 11.8 Å². The molecule has 0 aliphatic heterocycles. The molecule has 0 fully saturated rings. The van der Waals surface area contributed by atoms with Crippen LogP contribution in [-0.4, -0.2) is 36.9 Å². The van der Waals surface area contributed by atoms with Crippen molar-refractivity contribution in [1.82, 2.24) is 10.2 Å². The molecule has 0 saturated heterocycles. The van der Waals surface area contributed by atoms with Gasteiger partial charge in [0.15, 0.2) is 0 Å². The van der Waals surface area contributed by atoms with Gasteiger partial charge in [-0.3, -0.25) is 9.59 Å². The number of rotatable bonds is 5. The van der Waals surface area contributed by atoms with Crippen LogP contribution in [0.3, 0.4) is 0 Å². The highest BCUT2D eigenvalue weighted by Crippen LogP contribution is 2.08. The lowest BCUT2D eigenvalue weighted by Gasteiger charge is -2.17. The molecule has 3 N–H and O–H groups in total. The van der Waals surface area contributed by atoms with Crippen molar-refractivity contribution in [3.05, 3.63) is 29.8 Å². The Hall–Kier alpha value is -2.04. The number of nitrogens with one attached hydrogen (secondary N) is 1. The predicted molar refractivity (Wildman–Crippen MR) is 75.5 cm³/mol. The Morgan fingerprint density at radius 2 is 2.05 bits per heavy atom. The normalized spacial score (nSPS) is 11.7. The highest BCUT2D eigenvalue weighted by Gasteiger charge is 2.16. The zero-order valence-corrected chi connectivity index (χ0v) is 11.6. The summed E-state index contributed by atoms with van der Waals surface area (Å²) in [6.45, 7) is 1.68. The second kappa shape index (κ2) is 6.78. The summed E-state index contributed by atoms with van der Waals surface area (Å²) in [6.07, 6.45) is 0.953. The molecule has 0 aliphatic rings. The van der Waals surface area contributed by atoms with Crippen molar-refractivity contribution >= 4 is 17.5 Å². The Labute approximate surface area is 113 Å². The van der Waals surface area contributed by atoms with Gasteiger partial charge in [-0.2, -0.15) is 0 Å². The molecule has 0 spiro atoms. The van der Waals surface area contributed by atoms with Gasteiger partial charge in [-0.25, -0.2) is 0 Å². The first-order chi connectivity index (χ1) is 8.90. The van der Waals surface area contributed by atoms with E-state index in [0.717, 1.165) is 5.56 Å². The van der Waals surface area contributed by atoms with Gasteiger partial charge in [0.05, 0.1) is 0 Å². The van der Waals surface area contributed by atoms with Crippen LogP contribution in [0.2, 0.25) is 0 Å². The van der Waals surface area contributed by atoms with E-state index in [2.05, 4.69) is 5.32 Å². The topological polar surface area (TPSA) is 75.4 Å². The number of nitrogens with zero attached hydrogens (tertiary/aromatic N) is 1. The molecule has 1 aromatic carbocycles. The third-order valence-corrected chi connectivity index (χ3v) is 2.78. The van der Waals surface area contributed by atoms with Crippen LogP contribution in [0, 0.1) is 0 Å². The molecule has 1 unspecified atom stereocenters. The number of benzene rings is 1. The summed E-state index contributed by atoms with van der Waals surface area (Å²) in [6, 6.07) is 6.95. The summed E-state index contributed by atoms with van der Waals surface area (Å²) >= 11 is 0. The molecule has 0 bridgehead atoms. The van der Waals surface area contributed by atoms with E-state index in [1.165, 1.54) is 4.90 Å². The first kappa shape index (κ1) is 15.0. The number of amides is 2. The van der Waals surface area contributed by atoms with E-state index in [0.29, 0.717) is 18.5 Å². The van der Waals surface area contributed by atoms with Gasteiger partial charge < -0.3 is 16.0 Å². The second-order valence-electron chi connectivity index (χ2n) is 4.77.